The third kappa shape index (κ3) is 4.00. The van der Waals surface area contributed by atoms with Crippen molar-refractivity contribution in [3.8, 4) is 5.75 Å². The molecule has 2 rings (SSSR count). The smallest absolute Gasteiger partial charge is 0.120 e. The van der Waals surface area contributed by atoms with Crippen molar-refractivity contribution < 1.29 is 4.74 Å². The van der Waals surface area contributed by atoms with Crippen LogP contribution in [0, 0.1) is 0 Å². The van der Waals surface area contributed by atoms with E-state index in [4.69, 9.17) is 16.3 Å². The zero-order valence-electron chi connectivity index (χ0n) is 11.6. The predicted molar refractivity (Wildman–Crippen MR) is 80.9 cm³/mol. The van der Waals surface area contributed by atoms with E-state index in [1.807, 2.05) is 36.4 Å². The molecule has 0 heterocycles. The number of ether oxygens (including phenoxy) is 1. The molecular formula is C17H19ClO. The highest BCUT2D eigenvalue weighted by molar-refractivity contribution is 6.30. The molecule has 0 atom stereocenters. The number of benzene rings is 2. The standard InChI is InChI=1S/C17H19ClO/c1-17(2,3)14-7-5-9-16(11-14)19-12-13-6-4-8-15(18)10-13/h4-11H,12H2,1-3H3. The van der Waals surface area contributed by atoms with Crippen molar-refractivity contribution in [2.75, 3.05) is 0 Å². The van der Waals surface area contributed by atoms with Gasteiger partial charge in [-0.05, 0) is 40.8 Å². The molecule has 2 aromatic rings. The highest BCUT2D eigenvalue weighted by Crippen LogP contribution is 2.26. The zero-order chi connectivity index (χ0) is 13.9. The first-order valence-electron chi connectivity index (χ1n) is 6.43. The van der Waals surface area contributed by atoms with Crippen LogP contribution in [0.15, 0.2) is 48.5 Å². The minimum atomic E-state index is 0.134. The van der Waals surface area contributed by atoms with E-state index < -0.39 is 0 Å². The van der Waals surface area contributed by atoms with Gasteiger partial charge in [0.25, 0.3) is 0 Å². The second-order valence-electron chi connectivity index (χ2n) is 5.70. The lowest BCUT2D eigenvalue weighted by atomic mass is 9.87. The monoisotopic (exact) mass is 274 g/mol. The number of hydrogen-bond acceptors (Lipinski definition) is 1. The third-order valence-electron chi connectivity index (χ3n) is 2.99. The van der Waals surface area contributed by atoms with E-state index >= 15 is 0 Å². The summed E-state index contributed by atoms with van der Waals surface area (Å²) in [5, 5.41) is 0.740. The zero-order valence-corrected chi connectivity index (χ0v) is 12.4. The normalized spacial score (nSPS) is 11.4. The molecule has 0 aliphatic heterocycles. The summed E-state index contributed by atoms with van der Waals surface area (Å²) in [6, 6.07) is 16.0. The molecule has 0 spiro atoms. The van der Waals surface area contributed by atoms with Gasteiger partial charge in [0.2, 0.25) is 0 Å². The van der Waals surface area contributed by atoms with E-state index in [9.17, 15) is 0 Å². The lowest BCUT2D eigenvalue weighted by molar-refractivity contribution is 0.305. The summed E-state index contributed by atoms with van der Waals surface area (Å²) in [5.41, 5.74) is 2.49. The summed E-state index contributed by atoms with van der Waals surface area (Å²) in [4.78, 5) is 0. The van der Waals surface area contributed by atoms with Gasteiger partial charge in [-0.15, -0.1) is 0 Å². The average molecular weight is 275 g/mol. The lowest BCUT2D eigenvalue weighted by Crippen LogP contribution is -2.10. The van der Waals surface area contributed by atoms with E-state index in [1.165, 1.54) is 5.56 Å². The Bertz CT molecular complexity index is 555. The topological polar surface area (TPSA) is 9.23 Å². The molecule has 0 radical (unpaired) electrons. The summed E-state index contributed by atoms with van der Waals surface area (Å²) in [5.74, 6) is 0.896. The van der Waals surface area contributed by atoms with Crippen LogP contribution in [0.3, 0.4) is 0 Å². The van der Waals surface area contributed by atoms with E-state index in [0.717, 1.165) is 16.3 Å². The van der Waals surface area contributed by atoms with Gasteiger partial charge in [-0.3, -0.25) is 0 Å². The van der Waals surface area contributed by atoms with Crippen LogP contribution < -0.4 is 4.74 Å². The number of rotatable bonds is 3. The maximum absolute atomic E-state index is 5.96. The fraction of sp³-hybridized carbons (Fsp3) is 0.294. The summed E-state index contributed by atoms with van der Waals surface area (Å²) in [6.45, 7) is 7.13. The Morgan fingerprint density at radius 1 is 1.00 bits per heavy atom. The van der Waals surface area contributed by atoms with Gasteiger partial charge in [-0.25, -0.2) is 0 Å². The minimum absolute atomic E-state index is 0.134. The van der Waals surface area contributed by atoms with Crippen LogP contribution >= 0.6 is 11.6 Å². The van der Waals surface area contributed by atoms with Crippen molar-refractivity contribution >= 4 is 11.6 Å². The first kappa shape index (κ1) is 14.0. The van der Waals surface area contributed by atoms with Crippen LogP contribution in [0.25, 0.3) is 0 Å². The second kappa shape index (κ2) is 5.66. The van der Waals surface area contributed by atoms with E-state index in [2.05, 4.69) is 32.9 Å². The quantitative estimate of drug-likeness (QED) is 0.746. The summed E-state index contributed by atoms with van der Waals surface area (Å²) >= 11 is 5.96. The van der Waals surface area contributed by atoms with Crippen molar-refractivity contribution in [2.45, 2.75) is 32.8 Å². The van der Waals surface area contributed by atoms with Gasteiger partial charge in [0.1, 0.15) is 12.4 Å². The van der Waals surface area contributed by atoms with Crippen molar-refractivity contribution in [1.29, 1.82) is 0 Å². The number of hydrogen-bond donors (Lipinski definition) is 0. The van der Waals surface area contributed by atoms with E-state index in [1.54, 1.807) is 0 Å². The molecule has 100 valence electrons. The highest BCUT2D eigenvalue weighted by Gasteiger charge is 2.13. The molecule has 2 heteroatoms. The van der Waals surface area contributed by atoms with E-state index in [-0.39, 0.29) is 5.41 Å². The SMILES string of the molecule is CC(C)(C)c1cccc(OCc2cccc(Cl)c2)c1. The molecule has 0 saturated heterocycles. The van der Waals surface area contributed by atoms with Crippen LogP contribution in [0.4, 0.5) is 0 Å². The Labute approximate surface area is 120 Å². The van der Waals surface area contributed by atoms with Gasteiger partial charge < -0.3 is 4.74 Å². The Kier molecular flexibility index (Phi) is 4.16. The van der Waals surface area contributed by atoms with Crippen molar-refractivity contribution in [3.05, 3.63) is 64.7 Å². The second-order valence-corrected chi connectivity index (χ2v) is 6.13. The Hall–Kier alpha value is -1.47. The number of halogens is 1. The van der Waals surface area contributed by atoms with E-state index in [0.29, 0.717) is 6.61 Å². The minimum Gasteiger partial charge on any atom is -0.489 e. The fourth-order valence-electron chi connectivity index (χ4n) is 1.85. The van der Waals surface area contributed by atoms with Crippen LogP contribution in [0.2, 0.25) is 5.02 Å². The third-order valence-corrected chi connectivity index (χ3v) is 3.23. The van der Waals surface area contributed by atoms with Crippen LogP contribution in [-0.4, -0.2) is 0 Å². The molecule has 0 amide bonds. The molecule has 19 heavy (non-hydrogen) atoms. The lowest BCUT2D eigenvalue weighted by Gasteiger charge is -2.19. The maximum atomic E-state index is 5.96. The molecule has 0 bridgehead atoms. The summed E-state index contributed by atoms with van der Waals surface area (Å²) in [7, 11) is 0. The molecule has 0 saturated carbocycles. The Morgan fingerprint density at radius 3 is 2.42 bits per heavy atom. The molecule has 2 aromatic carbocycles. The molecule has 0 aliphatic carbocycles. The highest BCUT2D eigenvalue weighted by atomic mass is 35.5. The molecule has 0 aromatic heterocycles. The van der Waals surface area contributed by atoms with Gasteiger partial charge in [-0.2, -0.15) is 0 Å². The Balaban J connectivity index is 2.08. The first-order valence-corrected chi connectivity index (χ1v) is 6.81. The van der Waals surface area contributed by atoms with Crippen LogP contribution in [0.5, 0.6) is 5.75 Å². The summed E-state index contributed by atoms with van der Waals surface area (Å²) < 4.78 is 5.82. The average Bonchev–Trinajstić information content (AvgIpc) is 2.36. The van der Waals surface area contributed by atoms with Gasteiger partial charge in [0.05, 0.1) is 0 Å². The van der Waals surface area contributed by atoms with Gasteiger partial charge >= 0.3 is 0 Å². The molecule has 0 unspecified atom stereocenters. The van der Waals surface area contributed by atoms with Gasteiger partial charge in [0, 0.05) is 5.02 Å². The van der Waals surface area contributed by atoms with Crippen molar-refractivity contribution in [2.24, 2.45) is 0 Å². The molecule has 0 N–H and O–H groups in total. The van der Waals surface area contributed by atoms with Gasteiger partial charge in [0.15, 0.2) is 0 Å². The molecule has 0 aliphatic rings. The largest absolute Gasteiger partial charge is 0.489 e. The van der Waals surface area contributed by atoms with Crippen LogP contribution in [0.1, 0.15) is 31.9 Å². The predicted octanol–water partition coefficient (Wildman–Crippen LogP) is 5.22. The van der Waals surface area contributed by atoms with Crippen LogP contribution in [-0.2, 0) is 12.0 Å². The molecular weight excluding hydrogens is 256 g/mol. The molecule has 0 fully saturated rings. The summed E-state index contributed by atoms with van der Waals surface area (Å²) in [6.07, 6.45) is 0. The fourth-order valence-corrected chi connectivity index (χ4v) is 2.06. The van der Waals surface area contributed by atoms with Crippen molar-refractivity contribution in [1.82, 2.24) is 0 Å². The Morgan fingerprint density at radius 2 is 1.74 bits per heavy atom. The van der Waals surface area contributed by atoms with Gasteiger partial charge in [-0.1, -0.05) is 56.6 Å². The maximum Gasteiger partial charge on any atom is 0.120 e. The van der Waals surface area contributed by atoms with Crippen molar-refractivity contribution in [3.63, 3.8) is 0 Å². The molecule has 1 nitrogen and oxygen atoms in total. The first-order chi connectivity index (χ1) is 8.95.